The summed E-state index contributed by atoms with van der Waals surface area (Å²) in [6, 6.07) is 18.7. The van der Waals surface area contributed by atoms with E-state index in [-0.39, 0.29) is 51.5 Å². The van der Waals surface area contributed by atoms with Gasteiger partial charge in [-0.3, -0.25) is 14.5 Å². The van der Waals surface area contributed by atoms with Crippen molar-refractivity contribution in [3.05, 3.63) is 118 Å². The lowest BCUT2D eigenvalue weighted by atomic mass is 10.1. The summed E-state index contributed by atoms with van der Waals surface area (Å²) < 4.78 is 40.7. The summed E-state index contributed by atoms with van der Waals surface area (Å²) in [6.45, 7) is -0.227. The van der Waals surface area contributed by atoms with Crippen molar-refractivity contribution in [1.29, 1.82) is 0 Å². The maximum Gasteiger partial charge on any atom is 0.416 e. The number of fused-ring (bicyclic) bond motifs is 1. The zero-order chi connectivity index (χ0) is 30.2. The molecule has 5 rings (SSSR count). The molecular formula is C30H20F3N3O6. The van der Waals surface area contributed by atoms with Crippen molar-refractivity contribution in [2.24, 2.45) is 0 Å². The van der Waals surface area contributed by atoms with Gasteiger partial charge in [-0.05, 0) is 60.2 Å². The summed E-state index contributed by atoms with van der Waals surface area (Å²) in [5, 5.41) is 24.9. The average Bonchev–Trinajstić information content (AvgIpc) is 3.19. The van der Waals surface area contributed by atoms with Crippen molar-refractivity contribution in [3.63, 3.8) is 0 Å². The molecular weight excluding hydrogens is 555 g/mol. The largest absolute Gasteiger partial charge is 0.478 e. The molecule has 1 aliphatic heterocycles. The van der Waals surface area contributed by atoms with E-state index in [0.717, 1.165) is 23.1 Å². The Balaban J connectivity index is 1.49. The number of halogens is 3. The van der Waals surface area contributed by atoms with Crippen LogP contribution in [-0.4, -0.2) is 38.9 Å². The van der Waals surface area contributed by atoms with Crippen LogP contribution in [0.3, 0.4) is 0 Å². The molecule has 0 radical (unpaired) electrons. The van der Waals surface area contributed by atoms with E-state index in [0.29, 0.717) is 5.56 Å². The summed E-state index contributed by atoms with van der Waals surface area (Å²) in [5.74, 6) is -3.74. The van der Waals surface area contributed by atoms with Gasteiger partial charge in [0.25, 0.3) is 11.8 Å². The monoisotopic (exact) mass is 575 g/mol. The number of benzene rings is 4. The molecule has 212 valence electrons. The summed E-state index contributed by atoms with van der Waals surface area (Å²) in [5.41, 5.74) is -0.854. The molecule has 2 amide bonds. The number of carbonyl (C=O) groups is 4. The van der Waals surface area contributed by atoms with Crippen LogP contribution in [0.25, 0.3) is 0 Å². The number of rotatable bonds is 8. The Labute approximate surface area is 235 Å². The van der Waals surface area contributed by atoms with Crippen LogP contribution in [0.4, 0.5) is 35.9 Å². The minimum atomic E-state index is -4.72. The Morgan fingerprint density at radius 3 is 1.83 bits per heavy atom. The van der Waals surface area contributed by atoms with Crippen LogP contribution in [0.5, 0.6) is 0 Å². The molecule has 1 aliphatic rings. The number of amides is 2. The smallest absolute Gasteiger partial charge is 0.416 e. The first-order valence-corrected chi connectivity index (χ1v) is 12.3. The standard InChI is InChI=1S/C30H20F3N3O6/c31-30(32,33)17-10-12-24(34-22-8-4-3-7-20(22)28(39)40)25(14-17)35-23-11-9-16(13-21(23)29(41)42)15-36-26(37)18-5-1-2-6-19(18)27(36)38/h1-14,34-35H,15H2,(H,39,40)(H,41,42). The van der Waals surface area contributed by atoms with Gasteiger partial charge in [0.2, 0.25) is 0 Å². The lowest BCUT2D eigenvalue weighted by Gasteiger charge is -2.19. The number of aromatic carboxylic acids is 2. The Hall–Kier alpha value is -5.65. The second-order valence-corrected chi connectivity index (χ2v) is 9.29. The fraction of sp³-hybridized carbons (Fsp3) is 0.0667. The second kappa shape index (κ2) is 10.7. The van der Waals surface area contributed by atoms with Crippen molar-refractivity contribution in [1.82, 2.24) is 4.90 Å². The molecule has 0 unspecified atom stereocenters. The minimum Gasteiger partial charge on any atom is -0.478 e. The van der Waals surface area contributed by atoms with Gasteiger partial charge in [-0.2, -0.15) is 13.2 Å². The number of nitrogens with one attached hydrogen (secondary N) is 2. The van der Waals surface area contributed by atoms with E-state index in [1.165, 1.54) is 48.5 Å². The number of nitrogens with zero attached hydrogens (tertiary/aromatic N) is 1. The first-order valence-electron chi connectivity index (χ1n) is 12.3. The van der Waals surface area contributed by atoms with Crippen molar-refractivity contribution < 1.29 is 42.6 Å². The van der Waals surface area contributed by atoms with Gasteiger partial charge in [0.15, 0.2) is 0 Å². The van der Waals surface area contributed by atoms with E-state index in [4.69, 9.17) is 0 Å². The number of para-hydroxylation sites is 1. The highest BCUT2D eigenvalue weighted by Crippen LogP contribution is 2.37. The Bertz CT molecular complexity index is 1730. The van der Waals surface area contributed by atoms with E-state index < -0.39 is 35.5 Å². The second-order valence-electron chi connectivity index (χ2n) is 9.29. The highest BCUT2D eigenvalue weighted by molar-refractivity contribution is 6.21. The molecule has 42 heavy (non-hydrogen) atoms. The van der Waals surface area contributed by atoms with Gasteiger partial charge in [-0.15, -0.1) is 0 Å². The summed E-state index contributed by atoms with van der Waals surface area (Å²) in [6.07, 6.45) is -4.72. The molecule has 12 heteroatoms. The first kappa shape index (κ1) is 27.9. The van der Waals surface area contributed by atoms with Crippen LogP contribution in [0.15, 0.2) is 84.9 Å². The van der Waals surface area contributed by atoms with Crippen molar-refractivity contribution in [3.8, 4) is 0 Å². The Morgan fingerprint density at radius 1 is 0.667 bits per heavy atom. The molecule has 4 aromatic rings. The third kappa shape index (κ3) is 5.37. The van der Waals surface area contributed by atoms with Gasteiger partial charge >= 0.3 is 18.1 Å². The molecule has 4 aromatic carbocycles. The fourth-order valence-electron chi connectivity index (χ4n) is 4.54. The Morgan fingerprint density at radius 2 is 1.21 bits per heavy atom. The molecule has 0 fully saturated rings. The molecule has 0 aromatic heterocycles. The fourth-order valence-corrected chi connectivity index (χ4v) is 4.54. The van der Waals surface area contributed by atoms with Gasteiger partial charge in [0.1, 0.15) is 0 Å². The number of imide groups is 1. The highest BCUT2D eigenvalue weighted by atomic mass is 19.4. The molecule has 1 heterocycles. The van der Waals surface area contributed by atoms with Crippen LogP contribution < -0.4 is 10.6 Å². The number of alkyl halides is 3. The lowest BCUT2D eigenvalue weighted by molar-refractivity contribution is -0.137. The van der Waals surface area contributed by atoms with Crippen molar-refractivity contribution in [2.45, 2.75) is 12.7 Å². The van der Waals surface area contributed by atoms with Crippen LogP contribution in [0, 0.1) is 0 Å². The van der Waals surface area contributed by atoms with Crippen LogP contribution >= 0.6 is 0 Å². The van der Waals surface area contributed by atoms with Crippen LogP contribution in [0.1, 0.15) is 52.6 Å². The first-order chi connectivity index (χ1) is 19.9. The maximum atomic E-state index is 13.6. The molecule has 0 spiro atoms. The Kier molecular flexibility index (Phi) is 7.13. The quantitative estimate of drug-likeness (QED) is 0.178. The summed E-state index contributed by atoms with van der Waals surface area (Å²) in [4.78, 5) is 50.3. The normalized spacial score (nSPS) is 12.7. The van der Waals surface area contributed by atoms with Crippen LogP contribution in [-0.2, 0) is 12.7 Å². The van der Waals surface area contributed by atoms with Gasteiger partial charge in [0.05, 0.1) is 57.1 Å². The predicted octanol–water partition coefficient (Wildman–Crippen LogP) is 6.39. The third-order valence-corrected chi connectivity index (χ3v) is 6.58. The number of carboxylic acid groups (broad SMARTS) is 2. The highest BCUT2D eigenvalue weighted by Gasteiger charge is 2.35. The van der Waals surface area contributed by atoms with Crippen molar-refractivity contribution >= 4 is 46.5 Å². The van der Waals surface area contributed by atoms with Gasteiger partial charge in [-0.25, -0.2) is 9.59 Å². The number of hydrogen-bond acceptors (Lipinski definition) is 6. The summed E-state index contributed by atoms with van der Waals surface area (Å²) >= 11 is 0. The zero-order valence-corrected chi connectivity index (χ0v) is 21.4. The molecule has 0 saturated heterocycles. The molecule has 0 bridgehead atoms. The van der Waals surface area contributed by atoms with Gasteiger partial charge in [-0.1, -0.05) is 30.3 Å². The molecule has 0 atom stereocenters. The number of anilines is 4. The van der Waals surface area contributed by atoms with Crippen LogP contribution in [0.2, 0.25) is 0 Å². The zero-order valence-electron chi connectivity index (χ0n) is 21.4. The molecule has 9 nitrogen and oxygen atoms in total. The van der Waals surface area contributed by atoms with Crippen molar-refractivity contribution in [2.75, 3.05) is 10.6 Å². The van der Waals surface area contributed by atoms with E-state index in [1.807, 2.05) is 0 Å². The lowest BCUT2D eigenvalue weighted by Crippen LogP contribution is -2.29. The molecule has 0 aliphatic carbocycles. The number of carbonyl (C=O) groups excluding carboxylic acids is 2. The van der Waals surface area contributed by atoms with E-state index in [1.54, 1.807) is 18.2 Å². The summed E-state index contributed by atoms with van der Waals surface area (Å²) in [7, 11) is 0. The van der Waals surface area contributed by atoms with Gasteiger partial charge < -0.3 is 20.8 Å². The molecule has 4 N–H and O–H groups in total. The number of carboxylic acids is 2. The van der Waals surface area contributed by atoms with E-state index in [2.05, 4.69) is 10.6 Å². The van der Waals surface area contributed by atoms with Gasteiger partial charge in [0, 0.05) is 0 Å². The van der Waals surface area contributed by atoms with E-state index >= 15 is 0 Å². The SMILES string of the molecule is O=C(O)c1ccccc1Nc1ccc(C(F)(F)F)cc1Nc1ccc(CN2C(=O)c3ccccc3C2=O)cc1C(=O)O. The topological polar surface area (TPSA) is 136 Å². The number of hydrogen-bond donors (Lipinski definition) is 4. The van der Waals surface area contributed by atoms with E-state index in [9.17, 15) is 42.6 Å². The maximum absolute atomic E-state index is 13.6. The molecule has 0 saturated carbocycles. The average molecular weight is 575 g/mol. The minimum absolute atomic E-state index is 0.0446. The predicted molar refractivity (Wildman–Crippen MR) is 145 cm³/mol. The third-order valence-electron chi connectivity index (χ3n) is 6.58.